The molecule has 0 rings (SSSR count). The van der Waals surface area contributed by atoms with E-state index in [2.05, 4.69) is 6.92 Å². The summed E-state index contributed by atoms with van der Waals surface area (Å²) in [4.78, 5) is 0. The fraction of sp³-hybridized carbons (Fsp3) is 1.00. The van der Waals surface area contributed by atoms with Crippen LogP contribution in [-0.2, 0) is 13.3 Å². The highest BCUT2D eigenvalue weighted by atomic mass is 28.4. The molecule has 0 aromatic heterocycles. The SMILES string of the molecule is CCCCCCCCCCCC[Si](OC)(OC)OC.O. The standard InChI is InChI=1S/C15H34O3Si.H2O/c1-5-6-7-8-9-10-11-12-13-14-15-19(16-2,17-3)18-4;/h5-15H2,1-4H3;1H2. The number of hydrogen-bond acceptors (Lipinski definition) is 3. The van der Waals surface area contributed by atoms with Crippen LogP contribution in [0.5, 0.6) is 0 Å². The third-order valence-electron chi connectivity index (χ3n) is 3.77. The van der Waals surface area contributed by atoms with E-state index in [-0.39, 0.29) is 5.48 Å². The molecule has 0 saturated heterocycles. The van der Waals surface area contributed by atoms with Crippen molar-refractivity contribution in [3.8, 4) is 0 Å². The molecule has 4 nitrogen and oxygen atoms in total. The Morgan fingerprint density at radius 2 is 0.950 bits per heavy atom. The Morgan fingerprint density at radius 3 is 1.30 bits per heavy atom. The van der Waals surface area contributed by atoms with Crippen LogP contribution in [0.25, 0.3) is 0 Å². The number of rotatable bonds is 14. The summed E-state index contributed by atoms with van der Waals surface area (Å²) in [5.41, 5.74) is 0. The first kappa shape index (κ1) is 22.3. The first-order valence-electron chi connectivity index (χ1n) is 7.90. The second kappa shape index (κ2) is 15.4. The zero-order valence-corrected chi connectivity index (χ0v) is 15.0. The van der Waals surface area contributed by atoms with Gasteiger partial charge in [-0.3, -0.25) is 0 Å². The molecular formula is C15H36O4Si. The highest BCUT2D eigenvalue weighted by Gasteiger charge is 2.36. The molecule has 2 N–H and O–H groups in total. The minimum Gasteiger partial charge on any atom is -0.412 e. The Hall–Kier alpha value is 0.0569. The van der Waals surface area contributed by atoms with Crippen molar-refractivity contribution in [1.82, 2.24) is 0 Å². The van der Waals surface area contributed by atoms with Crippen molar-refractivity contribution in [2.75, 3.05) is 21.3 Å². The largest absolute Gasteiger partial charge is 0.500 e. The summed E-state index contributed by atoms with van der Waals surface area (Å²) in [6.07, 6.45) is 13.5. The van der Waals surface area contributed by atoms with Gasteiger partial charge in [-0.05, 0) is 6.42 Å². The first-order chi connectivity index (χ1) is 9.24. The van der Waals surface area contributed by atoms with Crippen LogP contribution in [0.4, 0.5) is 0 Å². The molecule has 20 heavy (non-hydrogen) atoms. The molecule has 0 amide bonds. The second-order valence-corrected chi connectivity index (χ2v) is 8.32. The van der Waals surface area contributed by atoms with Crippen LogP contribution in [-0.4, -0.2) is 35.6 Å². The predicted octanol–water partition coefficient (Wildman–Crippen LogP) is 3.96. The Balaban J connectivity index is 0. The lowest BCUT2D eigenvalue weighted by molar-refractivity contribution is 0.122. The summed E-state index contributed by atoms with van der Waals surface area (Å²) in [6, 6.07) is 0.938. The van der Waals surface area contributed by atoms with Crippen LogP contribution in [0.2, 0.25) is 6.04 Å². The van der Waals surface area contributed by atoms with Crippen molar-refractivity contribution in [1.29, 1.82) is 0 Å². The molecule has 0 aromatic rings. The van der Waals surface area contributed by atoms with Gasteiger partial charge in [-0.1, -0.05) is 64.7 Å². The predicted molar refractivity (Wildman–Crippen MR) is 87.0 cm³/mol. The second-order valence-electron chi connectivity index (χ2n) is 5.23. The van der Waals surface area contributed by atoms with E-state index in [1.54, 1.807) is 21.3 Å². The Morgan fingerprint density at radius 1 is 0.600 bits per heavy atom. The van der Waals surface area contributed by atoms with Crippen molar-refractivity contribution >= 4 is 8.80 Å². The fourth-order valence-corrected chi connectivity index (χ4v) is 4.18. The van der Waals surface area contributed by atoms with Gasteiger partial charge in [0.2, 0.25) is 0 Å². The zero-order valence-electron chi connectivity index (χ0n) is 14.0. The number of hydrogen-bond donors (Lipinski definition) is 0. The molecule has 0 heterocycles. The van der Waals surface area contributed by atoms with E-state index in [1.165, 1.54) is 57.8 Å². The molecule has 0 aliphatic carbocycles. The molecule has 0 saturated carbocycles. The average molecular weight is 309 g/mol. The van der Waals surface area contributed by atoms with E-state index >= 15 is 0 Å². The zero-order chi connectivity index (χ0) is 14.4. The van der Waals surface area contributed by atoms with Crippen LogP contribution >= 0.6 is 0 Å². The first-order valence-corrected chi connectivity index (χ1v) is 9.83. The highest BCUT2D eigenvalue weighted by molar-refractivity contribution is 6.60. The molecule has 0 spiro atoms. The fourth-order valence-electron chi connectivity index (χ4n) is 2.39. The van der Waals surface area contributed by atoms with Crippen LogP contribution < -0.4 is 0 Å². The lowest BCUT2D eigenvalue weighted by Crippen LogP contribution is -2.42. The maximum absolute atomic E-state index is 5.41. The van der Waals surface area contributed by atoms with Crippen molar-refractivity contribution in [2.45, 2.75) is 77.2 Å². The van der Waals surface area contributed by atoms with Crippen molar-refractivity contribution < 1.29 is 18.8 Å². The van der Waals surface area contributed by atoms with Crippen molar-refractivity contribution in [3.63, 3.8) is 0 Å². The lowest BCUT2D eigenvalue weighted by atomic mass is 10.1. The van der Waals surface area contributed by atoms with Crippen LogP contribution in [0.15, 0.2) is 0 Å². The van der Waals surface area contributed by atoms with E-state index in [0.29, 0.717) is 0 Å². The van der Waals surface area contributed by atoms with Crippen molar-refractivity contribution in [3.05, 3.63) is 0 Å². The summed E-state index contributed by atoms with van der Waals surface area (Å²) < 4.78 is 16.2. The van der Waals surface area contributed by atoms with Crippen LogP contribution in [0, 0.1) is 0 Å². The monoisotopic (exact) mass is 308 g/mol. The van der Waals surface area contributed by atoms with Gasteiger partial charge >= 0.3 is 8.80 Å². The van der Waals surface area contributed by atoms with E-state index in [9.17, 15) is 0 Å². The summed E-state index contributed by atoms with van der Waals surface area (Å²) >= 11 is 0. The molecule has 5 heteroatoms. The Kier molecular flexibility index (Phi) is 17.3. The maximum Gasteiger partial charge on any atom is 0.500 e. The molecule has 124 valence electrons. The molecule has 0 bridgehead atoms. The van der Waals surface area contributed by atoms with Gasteiger partial charge in [0.1, 0.15) is 0 Å². The molecule has 0 aliphatic rings. The smallest absolute Gasteiger partial charge is 0.412 e. The van der Waals surface area contributed by atoms with E-state index in [4.69, 9.17) is 13.3 Å². The number of unbranched alkanes of at least 4 members (excludes halogenated alkanes) is 9. The lowest BCUT2D eigenvalue weighted by Gasteiger charge is -2.24. The molecule has 0 radical (unpaired) electrons. The third-order valence-corrected chi connectivity index (χ3v) is 6.60. The van der Waals surface area contributed by atoms with Crippen LogP contribution in [0.1, 0.15) is 71.1 Å². The quantitative estimate of drug-likeness (QED) is 0.360. The Bertz CT molecular complexity index is 178. The Labute approximate surface area is 126 Å². The van der Waals surface area contributed by atoms with Crippen molar-refractivity contribution in [2.24, 2.45) is 0 Å². The van der Waals surface area contributed by atoms with Gasteiger partial charge in [0.25, 0.3) is 0 Å². The summed E-state index contributed by atoms with van der Waals surface area (Å²) in [6.45, 7) is 2.27. The van der Waals surface area contributed by atoms with Gasteiger partial charge in [0.15, 0.2) is 0 Å². The van der Waals surface area contributed by atoms with Gasteiger partial charge < -0.3 is 18.8 Å². The van der Waals surface area contributed by atoms with E-state index in [0.717, 1.165) is 12.5 Å². The van der Waals surface area contributed by atoms with Crippen LogP contribution in [0.3, 0.4) is 0 Å². The van der Waals surface area contributed by atoms with Gasteiger partial charge in [0, 0.05) is 27.4 Å². The normalized spacial score (nSPS) is 11.4. The minimum absolute atomic E-state index is 0. The maximum atomic E-state index is 5.41. The summed E-state index contributed by atoms with van der Waals surface area (Å²) in [5, 5.41) is 0. The molecule has 0 aromatic carbocycles. The summed E-state index contributed by atoms with van der Waals surface area (Å²) in [5.74, 6) is 0. The molecular weight excluding hydrogens is 272 g/mol. The minimum atomic E-state index is -2.31. The van der Waals surface area contributed by atoms with E-state index < -0.39 is 8.80 Å². The molecule has 0 fully saturated rings. The van der Waals surface area contributed by atoms with Gasteiger partial charge in [-0.15, -0.1) is 0 Å². The van der Waals surface area contributed by atoms with Gasteiger partial charge in [-0.2, -0.15) is 0 Å². The topological polar surface area (TPSA) is 59.2 Å². The average Bonchev–Trinajstić information content (AvgIpc) is 2.46. The van der Waals surface area contributed by atoms with E-state index in [1.807, 2.05) is 0 Å². The third kappa shape index (κ3) is 10.8. The van der Waals surface area contributed by atoms with Gasteiger partial charge in [-0.25, -0.2) is 0 Å². The summed E-state index contributed by atoms with van der Waals surface area (Å²) in [7, 11) is 2.76. The molecule has 0 unspecified atom stereocenters. The highest BCUT2D eigenvalue weighted by Crippen LogP contribution is 2.18. The molecule has 0 aliphatic heterocycles. The van der Waals surface area contributed by atoms with Gasteiger partial charge in [0.05, 0.1) is 0 Å². The molecule has 0 atom stereocenters.